The monoisotopic (exact) mass is 180 g/mol. The summed E-state index contributed by atoms with van der Waals surface area (Å²) >= 11 is 1.89. The van der Waals surface area contributed by atoms with Crippen LogP contribution < -0.4 is 0 Å². The molecule has 1 heteroatoms. The van der Waals surface area contributed by atoms with E-state index < -0.39 is 0 Å². The van der Waals surface area contributed by atoms with E-state index >= 15 is 0 Å². The van der Waals surface area contributed by atoms with Crippen molar-refractivity contribution in [3.8, 4) is 0 Å². The zero-order valence-electron chi connectivity index (χ0n) is 7.89. The van der Waals surface area contributed by atoms with Crippen LogP contribution in [0.5, 0.6) is 0 Å². The van der Waals surface area contributed by atoms with Crippen molar-refractivity contribution in [1.82, 2.24) is 0 Å². The minimum atomic E-state index is 0.288. The number of hydrogen-bond donors (Lipinski definition) is 0. The van der Waals surface area contributed by atoms with Gasteiger partial charge >= 0.3 is 0 Å². The lowest BCUT2D eigenvalue weighted by molar-refractivity contribution is 0.439. The summed E-state index contributed by atoms with van der Waals surface area (Å²) in [4.78, 5) is 1.31. The third-order valence-corrected chi connectivity index (χ3v) is 3.47. The third-order valence-electron chi connectivity index (χ3n) is 2.37. The Morgan fingerprint density at radius 1 is 1.33 bits per heavy atom. The van der Waals surface area contributed by atoms with Gasteiger partial charge in [0.15, 0.2) is 0 Å². The molecule has 66 valence electrons. The maximum atomic E-state index is 3.86. The molecule has 0 saturated heterocycles. The van der Waals surface area contributed by atoms with E-state index in [0.29, 0.717) is 0 Å². The first-order valence-electron chi connectivity index (χ1n) is 4.24. The van der Waals surface area contributed by atoms with Crippen molar-refractivity contribution >= 4 is 11.8 Å². The summed E-state index contributed by atoms with van der Waals surface area (Å²) in [5.74, 6) is 1.20. The summed E-state index contributed by atoms with van der Waals surface area (Å²) < 4.78 is 0. The lowest BCUT2D eigenvalue weighted by Gasteiger charge is -2.32. The molecule has 0 aromatic rings. The minimum absolute atomic E-state index is 0.288. The quantitative estimate of drug-likeness (QED) is 0.623. The molecule has 0 spiro atoms. The van der Waals surface area contributed by atoms with Crippen LogP contribution in [0.25, 0.3) is 0 Å². The van der Waals surface area contributed by atoms with E-state index in [1.54, 1.807) is 0 Å². The van der Waals surface area contributed by atoms with E-state index in [2.05, 4.69) is 27.0 Å². The lowest BCUT2D eigenvalue weighted by atomic mass is 9.81. The first-order chi connectivity index (χ1) is 5.61. The molecule has 12 heavy (non-hydrogen) atoms. The highest BCUT2D eigenvalue weighted by Crippen LogP contribution is 2.43. The largest absolute Gasteiger partial charge is 0.126 e. The van der Waals surface area contributed by atoms with Gasteiger partial charge in [0.05, 0.1) is 0 Å². The Morgan fingerprint density at radius 3 is 2.42 bits per heavy atom. The van der Waals surface area contributed by atoms with Crippen LogP contribution in [0.15, 0.2) is 35.8 Å². The number of thioether (sulfide) groups is 1. The highest BCUT2D eigenvalue weighted by molar-refractivity contribution is 8.03. The molecule has 0 fully saturated rings. The Bertz CT molecular complexity index is 233. The van der Waals surface area contributed by atoms with Crippen LogP contribution >= 0.6 is 11.8 Å². The van der Waals surface area contributed by atoms with Gasteiger partial charge in [-0.3, -0.25) is 0 Å². The Hall–Kier alpha value is -0.430. The van der Waals surface area contributed by atoms with Gasteiger partial charge in [-0.15, -0.1) is 11.8 Å². The molecule has 0 aromatic heterocycles. The van der Waals surface area contributed by atoms with Crippen molar-refractivity contribution < 1.29 is 0 Å². The van der Waals surface area contributed by atoms with Gasteiger partial charge in [0, 0.05) is 4.91 Å². The van der Waals surface area contributed by atoms with Gasteiger partial charge in [0.1, 0.15) is 0 Å². The second-order valence-corrected chi connectivity index (χ2v) is 4.81. The van der Waals surface area contributed by atoms with E-state index in [4.69, 9.17) is 0 Å². The highest BCUT2D eigenvalue weighted by Gasteiger charge is 2.27. The number of rotatable bonds is 2. The standard InChI is InChI=1S/C11H16S/c1-5-9-10(6-2)12-8-7-11(9,3)4/h5-6H,1-2,7-8H2,3-4H3. The van der Waals surface area contributed by atoms with Crippen molar-refractivity contribution in [3.63, 3.8) is 0 Å². The van der Waals surface area contributed by atoms with E-state index in [9.17, 15) is 0 Å². The normalized spacial score (nSPS) is 22.2. The van der Waals surface area contributed by atoms with Crippen LogP contribution in [-0.4, -0.2) is 5.75 Å². The van der Waals surface area contributed by atoms with Gasteiger partial charge in [0.25, 0.3) is 0 Å². The molecule has 1 heterocycles. The van der Waals surface area contributed by atoms with E-state index in [1.165, 1.54) is 22.7 Å². The molecule has 0 N–H and O–H groups in total. The van der Waals surface area contributed by atoms with Gasteiger partial charge in [-0.25, -0.2) is 0 Å². The molecule has 0 aromatic carbocycles. The van der Waals surface area contributed by atoms with Gasteiger partial charge in [-0.05, 0) is 23.2 Å². The second kappa shape index (κ2) is 3.53. The molecule has 0 saturated carbocycles. The maximum Gasteiger partial charge on any atom is 0.0103 e. The fourth-order valence-electron chi connectivity index (χ4n) is 1.51. The predicted molar refractivity (Wildman–Crippen MR) is 58.3 cm³/mol. The molecular formula is C11H16S. The first-order valence-corrected chi connectivity index (χ1v) is 5.23. The minimum Gasteiger partial charge on any atom is -0.126 e. The average molecular weight is 180 g/mol. The third kappa shape index (κ3) is 1.66. The molecule has 0 aliphatic carbocycles. The van der Waals surface area contributed by atoms with Crippen molar-refractivity contribution in [2.45, 2.75) is 20.3 Å². The summed E-state index contributed by atoms with van der Waals surface area (Å²) in [6.45, 7) is 12.2. The molecule has 1 rings (SSSR count). The molecule has 0 atom stereocenters. The lowest BCUT2D eigenvalue weighted by Crippen LogP contribution is -2.19. The summed E-state index contributed by atoms with van der Waals surface area (Å²) in [6, 6.07) is 0. The summed E-state index contributed by atoms with van der Waals surface area (Å²) in [7, 11) is 0. The molecule has 0 bridgehead atoms. The molecule has 0 radical (unpaired) electrons. The Kier molecular flexibility index (Phi) is 2.84. The molecule has 0 nitrogen and oxygen atoms in total. The Balaban J connectivity index is 3.10. The second-order valence-electron chi connectivity index (χ2n) is 3.67. The van der Waals surface area contributed by atoms with Crippen molar-refractivity contribution in [3.05, 3.63) is 35.8 Å². The predicted octanol–water partition coefficient (Wildman–Crippen LogP) is 3.78. The van der Waals surface area contributed by atoms with Gasteiger partial charge in [0.2, 0.25) is 0 Å². The zero-order valence-corrected chi connectivity index (χ0v) is 8.71. The molecule has 0 unspecified atom stereocenters. The van der Waals surface area contributed by atoms with Crippen LogP contribution in [0.3, 0.4) is 0 Å². The molecule has 0 amide bonds. The highest BCUT2D eigenvalue weighted by atomic mass is 32.2. The Labute approximate surface area is 79.4 Å². The van der Waals surface area contributed by atoms with Gasteiger partial charge in [-0.2, -0.15) is 0 Å². The van der Waals surface area contributed by atoms with Gasteiger partial charge in [-0.1, -0.05) is 39.2 Å². The molecular weight excluding hydrogens is 164 g/mol. The van der Waals surface area contributed by atoms with Crippen LogP contribution in [0, 0.1) is 5.41 Å². The van der Waals surface area contributed by atoms with Crippen molar-refractivity contribution in [2.75, 3.05) is 5.75 Å². The van der Waals surface area contributed by atoms with E-state index in [-0.39, 0.29) is 5.41 Å². The van der Waals surface area contributed by atoms with Crippen molar-refractivity contribution in [1.29, 1.82) is 0 Å². The number of allylic oxidation sites excluding steroid dienone is 3. The van der Waals surface area contributed by atoms with Crippen LogP contribution in [0.2, 0.25) is 0 Å². The summed E-state index contributed by atoms with van der Waals surface area (Å²) in [6.07, 6.45) is 5.15. The summed E-state index contributed by atoms with van der Waals surface area (Å²) in [5, 5.41) is 0. The van der Waals surface area contributed by atoms with Crippen LogP contribution in [-0.2, 0) is 0 Å². The van der Waals surface area contributed by atoms with E-state index in [0.717, 1.165) is 0 Å². The van der Waals surface area contributed by atoms with Crippen molar-refractivity contribution in [2.24, 2.45) is 5.41 Å². The maximum absolute atomic E-state index is 3.86. The number of hydrogen-bond acceptors (Lipinski definition) is 1. The van der Waals surface area contributed by atoms with Crippen LogP contribution in [0.1, 0.15) is 20.3 Å². The summed E-state index contributed by atoms with van der Waals surface area (Å²) in [5.41, 5.74) is 1.64. The average Bonchev–Trinajstić information content (AvgIpc) is 2.02. The zero-order chi connectivity index (χ0) is 9.19. The van der Waals surface area contributed by atoms with E-state index in [1.807, 2.05) is 23.9 Å². The molecule has 1 aliphatic rings. The fourth-order valence-corrected chi connectivity index (χ4v) is 2.97. The molecule has 1 aliphatic heterocycles. The Morgan fingerprint density at radius 2 is 2.00 bits per heavy atom. The first kappa shape index (κ1) is 9.66. The topological polar surface area (TPSA) is 0 Å². The fraction of sp³-hybridized carbons (Fsp3) is 0.455. The van der Waals surface area contributed by atoms with Gasteiger partial charge < -0.3 is 0 Å². The SMILES string of the molecule is C=CC1=C(C=C)C(C)(C)CCS1. The smallest absolute Gasteiger partial charge is 0.0103 e. The van der Waals surface area contributed by atoms with Crippen LogP contribution in [0.4, 0.5) is 0 Å².